The Kier molecular flexibility index (Phi) is 8.42. The average Bonchev–Trinajstić information content (AvgIpc) is 2.90. The lowest BCUT2D eigenvalue weighted by atomic mass is 9.72. The molecule has 0 aromatic heterocycles. The van der Waals surface area contributed by atoms with Crippen LogP contribution in [0.5, 0.6) is 11.5 Å². The lowest BCUT2D eigenvalue weighted by Gasteiger charge is -2.33. The van der Waals surface area contributed by atoms with Gasteiger partial charge in [0.1, 0.15) is 17.5 Å². The van der Waals surface area contributed by atoms with Gasteiger partial charge in [0.2, 0.25) is 5.91 Å². The number of likely N-dealkylation sites (N-methyl/N-ethyl adjacent to an activating group) is 1. The summed E-state index contributed by atoms with van der Waals surface area (Å²) >= 11 is 12.3. The summed E-state index contributed by atoms with van der Waals surface area (Å²) in [5.74, 6) is -5.65. The number of halogens is 2. The summed E-state index contributed by atoms with van der Waals surface area (Å²) in [5, 5.41) is 34.4. The number of para-hydroxylation sites is 1. The Labute approximate surface area is 237 Å². The zero-order valence-corrected chi connectivity index (χ0v) is 22.4. The maximum absolute atomic E-state index is 13.5. The van der Waals surface area contributed by atoms with E-state index in [2.05, 4.69) is 10.6 Å². The molecule has 0 spiro atoms. The van der Waals surface area contributed by atoms with Crippen molar-refractivity contribution >= 4 is 60.0 Å². The first-order valence-electron chi connectivity index (χ1n) is 12.0. The summed E-state index contributed by atoms with van der Waals surface area (Å²) in [4.78, 5) is 64.9. The van der Waals surface area contributed by atoms with Crippen LogP contribution in [0.1, 0.15) is 34.5 Å². The third-order valence-corrected chi connectivity index (χ3v) is 7.15. The molecule has 4 rings (SSSR count). The number of carbonyl (C=O) groups excluding carboxylic acids is 4. The number of aromatic carboxylic acids is 1. The van der Waals surface area contributed by atoms with Crippen molar-refractivity contribution in [3.63, 3.8) is 0 Å². The number of rotatable bonds is 6. The van der Waals surface area contributed by atoms with E-state index >= 15 is 0 Å². The molecule has 2 aromatic carbocycles. The molecular weight excluding hydrogens is 570 g/mol. The minimum atomic E-state index is -1.66. The molecule has 1 saturated heterocycles. The van der Waals surface area contributed by atoms with Gasteiger partial charge < -0.3 is 35.4 Å². The van der Waals surface area contributed by atoms with Crippen molar-refractivity contribution in [1.29, 1.82) is 0 Å². The van der Waals surface area contributed by atoms with Crippen LogP contribution in [0.2, 0.25) is 10.0 Å². The van der Waals surface area contributed by atoms with E-state index in [1.54, 1.807) is 13.0 Å². The molecule has 2 aliphatic rings. The standard InChI is InChI=1S/C24H23BCl2N4O9/c1-2-30-6-7-31(22(35)21(30)34)24(38)29-18(13-9-15(27)16(32)10-14(13)26)20(33)28-17-8-11-4-3-5-12(23(36)37)19(11)40-25(17)39/h3-5,9-10,17-18,32,39H,2,6-8H2,1H3,(H,28,33)(H,29,38)(H,36,37). The van der Waals surface area contributed by atoms with Crippen LogP contribution >= 0.6 is 23.2 Å². The highest BCUT2D eigenvalue weighted by molar-refractivity contribution is 6.47. The average molecular weight is 593 g/mol. The number of phenolic OH excluding ortho intramolecular Hbond substituents is 1. The van der Waals surface area contributed by atoms with Crippen molar-refractivity contribution in [2.24, 2.45) is 0 Å². The van der Waals surface area contributed by atoms with Crippen molar-refractivity contribution in [2.45, 2.75) is 25.3 Å². The Morgan fingerprint density at radius 3 is 2.55 bits per heavy atom. The largest absolute Gasteiger partial charge is 0.547 e. The summed E-state index contributed by atoms with van der Waals surface area (Å²) in [6, 6.07) is 3.90. The Morgan fingerprint density at radius 2 is 1.88 bits per heavy atom. The number of fused-ring (bicyclic) bond motifs is 1. The van der Waals surface area contributed by atoms with Crippen molar-refractivity contribution in [3.05, 3.63) is 57.1 Å². The van der Waals surface area contributed by atoms with Gasteiger partial charge in [-0.05, 0) is 31.0 Å². The Bertz CT molecular complexity index is 1410. The fraction of sp³-hybridized carbons (Fsp3) is 0.292. The first-order chi connectivity index (χ1) is 18.9. The van der Waals surface area contributed by atoms with Crippen LogP contribution in [-0.4, -0.2) is 87.5 Å². The van der Waals surface area contributed by atoms with Crippen molar-refractivity contribution < 1.29 is 43.9 Å². The number of hydrogen-bond donors (Lipinski definition) is 5. The summed E-state index contributed by atoms with van der Waals surface area (Å²) in [7, 11) is -1.66. The second kappa shape index (κ2) is 11.6. The second-order valence-electron chi connectivity index (χ2n) is 8.98. The van der Waals surface area contributed by atoms with Gasteiger partial charge >= 0.3 is 30.9 Å². The number of aromatic hydroxyl groups is 1. The van der Waals surface area contributed by atoms with Gasteiger partial charge in [-0.25, -0.2) is 9.59 Å². The van der Waals surface area contributed by atoms with Crippen LogP contribution in [0, 0.1) is 0 Å². The molecule has 5 N–H and O–H groups in total. The summed E-state index contributed by atoms with van der Waals surface area (Å²) in [6.45, 7) is 1.93. The zero-order valence-electron chi connectivity index (χ0n) is 20.9. The predicted molar refractivity (Wildman–Crippen MR) is 141 cm³/mol. The highest BCUT2D eigenvalue weighted by atomic mass is 35.5. The number of benzene rings is 2. The minimum absolute atomic E-state index is 0.0277. The van der Waals surface area contributed by atoms with Crippen LogP contribution in [0.4, 0.5) is 4.79 Å². The van der Waals surface area contributed by atoms with Gasteiger partial charge in [0.15, 0.2) is 0 Å². The SMILES string of the molecule is CCN1CCN(C(=O)NC(C(=O)NC2Cc3cccc(C(=O)O)c3OB2O)c2cc(Cl)c(O)cc2Cl)C(=O)C1=O. The maximum atomic E-state index is 13.5. The fourth-order valence-corrected chi connectivity index (χ4v) is 4.85. The highest BCUT2D eigenvalue weighted by Gasteiger charge is 2.41. The van der Waals surface area contributed by atoms with Gasteiger partial charge in [-0.2, -0.15) is 0 Å². The molecule has 2 unspecified atom stereocenters. The number of nitrogens with one attached hydrogen (secondary N) is 2. The molecule has 5 amide bonds. The van der Waals surface area contributed by atoms with E-state index in [0.29, 0.717) is 10.5 Å². The van der Waals surface area contributed by atoms with Gasteiger partial charge in [-0.1, -0.05) is 35.3 Å². The number of piperazine rings is 1. The molecule has 0 saturated carbocycles. The molecule has 16 heteroatoms. The highest BCUT2D eigenvalue weighted by Crippen LogP contribution is 2.34. The quantitative estimate of drug-likeness (QED) is 0.241. The lowest BCUT2D eigenvalue weighted by Crippen LogP contribution is -2.60. The molecule has 0 radical (unpaired) electrons. The summed E-state index contributed by atoms with van der Waals surface area (Å²) < 4.78 is 5.40. The van der Waals surface area contributed by atoms with Crippen molar-refractivity contribution in [2.75, 3.05) is 19.6 Å². The summed E-state index contributed by atoms with van der Waals surface area (Å²) in [6.07, 6.45) is -0.0277. The molecule has 2 aliphatic heterocycles. The molecule has 0 bridgehead atoms. The van der Waals surface area contributed by atoms with E-state index in [9.17, 15) is 39.2 Å². The number of amides is 5. The number of carbonyl (C=O) groups is 5. The molecule has 40 heavy (non-hydrogen) atoms. The van der Waals surface area contributed by atoms with Crippen LogP contribution in [-0.2, 0) is 20.8 Å². The van der Waals surface area contributed by atoms with Crippen LogP contribution in [0.3, 0.4) is 0 Å². The minimum Gasteiger partial charge on any atom is -0.534 e. The Hall–Kier alpha value is -4.01. The third-order valence-electron chi connectivity index (χ3n) is 6.52. The van der Waals surface area contributed by atoms with Crippen molar-refractivity contribution in [3.8, 4) is 11.5 Å². The number of nitrogens with zero attached hydrogens (tertiary/aromatic N) is 2. The molecule has 2 atom stereocenters. The molecule has 2 heterocycles. The number of hydrogen-bond acceptors (Lipinski definition) is 8. The number of phenols is 1. The van der Waals surface area contributed by atoms with Gasteiger partial charge in [0.25, 0.3) is 0 Å². The fourth-order valence-electron chi connectivity index (χ4n) is 4.41. The first kappa shape index (κ1) is 29.0. The Balaban J connectivity index is 1.61. The first-order valence-corrected chi connectivity index (χ1v) is 12.8. The van der Waals surface area contributed by atoms with E-state index in [-0.39, 0.29) is 58.7 Å². The van der Waals surface area contributed by atoms with Gasteiger partial charge in [0.05, 0.1) is 21.5 Å². The molecule has 13 nitrogen and oxygen atoms in total. The number of carboxylic acid groups (broad SMARTS) is 1. The zero-order chi connectivity index (χ0) is 29.3. The van der Waals surface area contributed by atoms with E-state index in [4.69, 9.17) is 27.9 Å². The monoisotopic (exact) mass is 592 g/mol. The van der Waals surface area contributed by atoms with Crippen LogP contribution in [0.25, 0.3) is 0 Å². The third kappa shape index (κ3) is 5.64. The van der Waals surface area contributed by atoms with E-state index < -0.39 is 48.8 Å². The normalized spacial score (nSPS) is 17.6. The second-order valence-corrected chi connectivity index (χ2v) is 9.79. The van der Waals surface area contributed by atoms with E-state index in [1.807, 2.05) is 0 Å². The maximum Gasteiger partial charge on any atom is 0.547 e. The number of urea groups is 1. The summed E-state index contributed by atoms with van der Waals surface area (Å²) in [5.41, 5.74) is 0.181. The number of carboxylic acids is 1. The van der Waals surface area contributed by atoms with Gasteiger partial charge in [-0.3, -0.25) is 19.3 Å². The molecule has 0 aliphatic carbocycles. The molecule has 210 valence electrons. The molecule has 2 aromatic rings. The van der Waals surface area contributed by atoms with Crippen LogP contribution < -0.4 is 15.3 Å². The molecular formula is C24H23BCl2N4O9. The lowest BCUT2D eigenvalue weighted by molar-refractivity contribution is -0.153. The van der Waals surface area contributed by atoms with Gasteiger partial charge in [0, 0.05) is 31.3 Å². The van der Waals surface area contributed by atoms with Crippen molar-refractivity contribution in [1.82, 2.24) is 20.4 Å². The predicted octanol–water partition coefficient (Wildman–Crippen LogP) is 0.978. The van der Waals surface area contributed by atoms with Crippen LogP contribution in [0.15, 0.2) is 30.3 Å². The Morgan fingerprint density at radius 1 is 1.15 bits per heavy atom. The van der Waals surface area contributed by atoms with E-state index in [0.717, 1.165) is 12.1 Å². The van der Waals surface area contributed by atoms with E-state index in [1.165, 1.54) is 17.0 Å². The molecule has 1 fully saturated rings. The topological polar surface area (TPSA) is 186 Å². The number of imide groups is 1. The van der Waals surface area contributed by atoms with Gasteiger partial charge in [-0.15, -0.1) is 0 Å². The smallest absolute Gasteiger partial charge is 0.534 e.